The van der Waals surface area contributed by atoms with Gasteiger partial charge in [0.25, 0.3) is 0 Å². The number of hydrogen-bond donors (Lipinski definition) is 1. The minimum atomic E-state index is -0.643. The Kier molecular flexibility index (Phi) is 8.61. The molecule has 0 aromatic heterocycles. The second-order valence-electron chi connectivity index (χ2n) is 5.12. The van der Waals surface area contributed by atoms with E-state index in [1.165, 1.54) is 0 Å². The molecule has 0 aliphatic rings. The summed E-state index contributed by atoms with van der Waals surface area (Å²) in [5.41, 5.74) is 7.81. The Labute approximate surface area is 153 Å². The summed E-state index contributed by atoms with van der Waals surface area (Å²) in [5, 5.41) is 0.705. The standard InChI is InChI=1S/C18H20ClNO3.ClH/c1-2-22-18(21)17(20)11-13-5-9-16(10-6-13)23-12-14-3-7-15(19)8-4-14;/h3-10,17H,2,11-12,20H2,1H3;1H/t17-;/m0./s1. The summed E-state index contributed by atoms with van der Waals surface area (Å²) >= 11 is 5.85. The van der Waals surface area contributed by atoms with Gasteiger partial charge in [-0.25, -0.2) is 0 Å². The molecule has 130 valence electrons. The molecule has 0 bridgehead atoms. The van der Waals surface area contributed by atoms with Crippen molar-refractivity contribution in [2.24, 2.45) is 5.73 Å². The number of esters is 1. The third kappa shape index (κ3) is 6.40. The van der Waals surface area contributed by atoms with Gasteiger partial charge in [0.2, 0.25) is 0 Å². The molecule has 0 spiro atoms. The van der Waals surface area contributed by atoms with Gasteiger partial charge >= 0.3 is 5.97 Å². The molecule has 0 heterocycles. The number of hydrogen-bond acceptors (Lipinski definition) is 4. The average Bonchev–Trinajstić information content (AvgIpc) is 2.56. The third-order valence-corrected chi connectivity index (χ3v) is 3.54. The van der Waals surface area contributed by atoms with Crippen LogP contribution in [0.4, 0.5) is 0 Å². The summed E-state index contributed by atoms with van der Waals surface area (Å²) in [7, 11) is 0. The van der Waals surface area contributed by atoms with Crippen molar-refractivity contribution in [2.75, 3.05) is 6.61 Å². The molecule has 2 rings (SSSR count). The van der Waals surface area contributed by atoms with Gasteiger partial charge in [-0.3, -0.25) is 4.79 Å². The minimum absolute atomic E-state index is 0. The molecule has 4 nitrogen and oxygen atoms in total. The number of carbonyl (C=O) groups excluding carboxylic acids is 1. The summed E-state index contributed by atoms with van der Waals surface area (Å²) in [6.45, 7) is 2.57. The van der Waals surface area contributed by atoms with Crippen molar-refractivity contribution in [3.63, 3.8) is 0 Å². The van der Waals surface area contributed by atoms with Crippen LogP contribution in [0.5, 0.6) is 5.75 Å². The molecular weight excluding hydrogens is 349 g/mol. The minimum Gasteiger partial charge on any atom is -0.489 e. The van der Waals surface area contributed by atoms with E-state index in [4.69, 9.17) is 26.8 Å². The van der Waals surface area contributed by atoms with Crippen molar-refractivity contribution >= 4 is 30.0 Å². The van der Waals surface area contributed by atoms with Crippen LogP contribution >= 0.6 is 24.0 Å². The molecule has 0 aliphatic carbocycles. The first-order valence-electron chi connectivity index (χ1n) is 7.47. The molecule has 0 unspecified atom stereocenters. The Balaban J connectivity index is 0.00000288. The van der Waals surface area contributed by atoms with E-state index in [2.05, 4.69) is 0 Å². The van der Waals surface area contributed by atoms with Crippen molar-refractivity contribution in [3.8, 4) is 5.75 Å². The molecule has 0 saturated carbocycles. The molecule has 24 heavy (non-hydrogen) atoms. The highest BCUT2D eigenvalue weighted by Gasteiger charge is 2.14. The first-order valence-corrected chi connectivity index (χ1v) is 7.84. The fraction of sp³-hybridized carbons (Fsp3) is 0.278. The van der Waals surface area contributed by atoms with Gasteiger partial charge in [-0.15, -0.1) is 12.4 Å². The molecule has 1 atom stereocenters. The van der Waals surface area contributed by atoms with Crippen LogP contribution in [-0.4, -0.2) is 18.6 Å². The van der Waals surface area contributed by atoms with Crippen molar-refractivity contribution in [1.82, 2.24) is 0 Å². The van der Waals surface area contributed by atoms with Crippen molar-refractivity contribution in [2.45, 2.75) is 26.0 Å². The van der Waals surface area contributed by atoms with Crippen LogP contribution in [0.1, 0.15) is 18.1 Å². The fourth-order valence-electron chi connectivity index (χ4n) is 2.06. The molecular formula is C18H21Cl2NO3. The van der Waals surface area contributed by atoms with Crippen LogP contribution in [0.15, 0.2) is 48.5 Å². The highest BCUT2D eigenvalue weighted by Crippen LogP contribution is 2.16. The maximum absolute atomic E-state index is 11.5. The summed E-state index contributed by atoms with van der Waals surface area (Å²) in [6.07, 6.45) is 0.441. The van der Waals surface area contributed by atoms with Crippen LogP contribution in [-0.2, 0) is 22.6 Å². The smallest absolute Gasteiger partial charge is 0.323 e. The van der Waals surface area contributed by atoms with Gasteiger partial charge in [0.05, 0.1) is 6.61 Å². The second-order valence-corrected chi connectivity index (χ2v) is 5.56. The predicted octanol–water partition coefficient (Wildman–Crippen LogP) is 3.77. The SMILES string of the molecule is CCOC(=O)[C@@H](N)Cc1ccc(OCc2ccc(Cl)cc2)cc1.Cl. The fourth-order valence-corrected chi connectivity index (χ4v) is 2.18. The Hall–Kier alpha value is -1.75. The zero-order valence-electron chi connectivity index (χ0n) is 13.4. The van der Waals surface area contributed by atoms with Crippen LogP contribution in [0.25, 0.3) is 0 Å². The van der Waals surface area contributed by atoms with E-state index in [0.717, 1.165) is 16.9 Å². The molecule has 0 aliphatic heterocycles. The summed E-state index contributed by atoms with van der Waals surface area (Å²) in [5.74, 6) is 0.379. The Morgan fingerprint density at radius 2 is 1.67 bits per heavy atom. The number of benzene rings is 2. The van der Waals surface area contributed by atoms with Gasteiger partial charge in [-0.1, -0.05) is 35.9 Å². The quantitative estimate of drug-likeness (QED) is 0.754. The molecule has 2 aromatic carbocycles. The first-order chi connectivity index (χ1) is 11.1. The highest BCUT2D eigenvalue weighted by molar-refractivity contribution is 6.30. The molecule has 6 heteroatoms. The van der Waals surface area contributed by atoms with Gasteiger partial charge in [0, 0.05) is 5.02 Å². The van der Waals surface area contributed by atoms with Gasteiger partial charge in [-0.2, -0.15) is 0 Å². The van der Waals surface area contributed by atoms with Gasteiger partial charge in [-0.05, 0) is 48.7 Å². The molecule has 0 fully saturated rings. The lowest BCUT2D eigenvalue weighted by atomic mass is 10.1. The Morgan fingerprint density at radius 3 is 2.25 bits per heavy atom. The summed E-state index contributed by atoms with van der Waals surface area (Å²) in [6, 6.07) is 14.4. The summed E-state index contributed by atoms with van der Waals surface area (Å²) in [4.78, 5) is 11.5. The topological polar surface area (TPSA) is 61.5 Å². The van der Waals surface area contributed by atoms with E-state index in [1.807, 2.05) is 48.5 Å². The Bertz CT molecular complexity index is 630. The van der Waals surface area contributed by atoms with Crippen molar-refractivity contribution in [1.29, 1.82) is 0 Å². The van der Waals surface area contributed by atoms with Crippen LogP contribution in [0, 0.1) is 0 Å². The van der Waals surface area contributed by atoms with E-state index in [1.54, 1.807) is 6.92 Å². The van der Waals surface area contributed by atoms with Crippen LogP contribution < -0.4 is 10.5 Å². The first kappa shape index (κ1) is 20.3. The maximum atomic E-state index is 11.5. The van der Waals surface area contributed by atoms with E-state index in [9.17, 15) is 4.79 Å². The number of carbonyl (C=O) groups is 1. The lowest BCUT2D eigenvalue weighted by Gasteiger charge is -2.11. The van der Waals surface area contributed by atoms with Crippen molar-refractivity contribution in [3.05, 3.63) is 64.7 Å². The summed E-state index contributed by atoms with van der Waals surface area (Å²) < 4.78 is 10.6. The van der Waals surface area contributed by atoms with Gasteiger partial charge < -0.3 is 15.2 Å². The van der Waals surface area contributed by atoms with E-state index in [-0.39, 0.29) is 18.4 Å². The lowest BCUT2D eigenvalue weighted by molar-refractivity contribution is -0.144. The second kappa shape index (κ2) is 10.2. The predicted molar refractivity (Wildman–Crippen MR) is 97.8 cm³/mol. The number of ether oxygens (including phenoxy) is 2. The molecule has 2 N–H and O–H groups in total. The van der Waals surface area contributed by atoms with Crippen LogP contribution in [0.2, 0.25) is 5.02 Å². The monoisotopic (exact) mass is 369 g/mol. The largest absolute Gasteiger partial charge is 0.489 e. The zero-order valence-corrected chi connectivity index (χ0v) is 15.0. The Morgan fingerprint density at radius 1 is 1.08 bits per heavy atom. The zero-order chi connectivity index (χ0) is 16.7. The third-order valence-electron chi connectivity index (χ3n) is 3.29. The highest BCUT2D eigenvalue weighted by atomic mass is 35.5. The van der Waals surface area contributed by atoms with E-state index in [0.29, 0.717) is 24.7 Å². The lowest BCUT2D eigenvalue weighted by Crippen LogP contribution is -2.34. The molecule has 0 saturated heterocycles. The molecule has 0 radical (unpaired) electrons. The maximum Gasteiger partial charge on any atom is 0.323 e. The van der Waals surface area contributed by atoms with Gasteiger partial charge in [0.15, 0.2) is 0 Å². The normalized spacial score (nSPS) is 11.3. The van der Waals surface area contributed by atoms with Crippen LogP contribution in [0.3, 0.4) is 0 Å². The number of nitrogens with two attached hydrogens (primary N) is 1. The molecule has 0 amide bonds. The average molecular weight is 370 g/mol. The number of rotatable bonds is 7. The van der Waals surface area contributed by atoms with E-state index >= 15 is 0 Å². The van der Waals surface area contributed by atoms with E-state index < -0.39 is 6.04 Å². The van der Waals surface area contributed by atoms with Crippen molar-refractivity contribution < 1.29 is 14.3 Å². The number of halogens is 2. The van der Waals surface area contributed by atoms with Gasteiger partial charge in [0.1, 0.15) is 18.4 Å². The molecule has 2 aromatic rings.